The van der Waals surface area contributed by atoms with Crippen molar-refractivity contribution in [2.24, 2.45) is 11.8 Å². The number of hydrogen-bond donors (Lipinski definition) is 3. The van der Waals surface area contributed by atoms with E-state index in [1.54, 1.807) is 0 Å². The molecule has 2 saturated carbocycles. The van der Waals surface area contributed by atoms with Gasteiger partial charge in [-0.15, -0.1) is 0 Å². The maximum absolute atomic E-state index is 12.4. The Balaban J connectivity index is 1.71. The minimum absolute atomic E-state index is 0.110. The monoisotopic (exact) mass is 484 g/mol. The first-order valence-corrected chi connectivity index (χ1v) is 14.3. The lowest BCUT2D eigenvalue weighted by Gasteiger charge is -2.23. The summed E-state index contributed by atoms with van der Waals surface area (Å²) in [5.74, 6) is 0.485. The fraction of sp³-hybridized carbons (Fsp3) is 0.964. The topological polar surface area (TPSA) is 96.2 Å². The molecule has 0 aromatic heterocycles. The van der Waals surface area contributed by atoms with Gasteiger partial charge in [0.05, 0.1) is 25.9 Å². The number of aliphatic hydroxyl groups is 3. The van der Waals surface area contributed by atoms with Crippen molar-refractivity contribution in [2.75, 3.05) is 19.8 Å². The first-order chi connectivity index (χ1) is 16.4. The van der Waals surface area contributed by atoms with Crippen LogP contribution in [0.25, 0.3) is 0 Å². The van der Waals surface area contributed by atoms with Crippen LogP contribution in [0.2, 0.25) is 0 Å². The van der Waals surface area contributed by atoms with Crippen molar-refractivity contribution in [1.82, 2.24) is 0 Å². The van der Waals surface area contributed by atoms with Gasteiger partial charge in [-0.05, 0) is 43.9 Å². The van der Waals surface area contributed by atoms with E-state index < -0.39 is 17.2 Å². The highest BCUT2D eigenvalue weighted by atomic mass is 16.6. The van der Waals surface area contributed by atoms with E-state index in [1.165, 1.54) is 44.9 Å². The van der Waals surface area contributed by atoms with Crippen molar-refractivity contribution >= 4 is 5.97 Å². The van der Waals surface area contributed by atoms with Gasteiger partial charge in [0.25, 0.3) is 0 Å². The van der Waals surface area contributed by atoms with Gasteiger partial charge in [-0.25, -0.2) is 4.79 Å². The van der Waals surface area contributed by atoms with Crippen LogP contribution in [0.3, 0.4) is 0 Å². The molecule has 0 spiro atoms. The van der Waals surface area contributed by atoms with Gasteiger partial charge in [0.1, 0.15) is 5.60 Å². The molecule has 2 rings (SSSR count). The summed E-state index contributed by atoms with van der Waals surface area (Å²) in [5.41, 5.74) is -2.51. The molecule has 5 atom stereocenters. The predicted molar refractivity (Wildman–Crippen MR) is 135 cm³/mol. The zero-order chi connectivity index (χ0) is 24.9. The number of hydrogen-bond acceptors (Lipinski definition) is 6. The summed E-state index contributed by atoms with van der Waals surface area (Å²) in [4.78, 5) is 12.4. The highest BCUT2D eigenvalue weighted by Crippen LogP contribution is 2.55. The second-order valence-corrected chi connectivity index (χ2v) is 10.8. The molecule has 2 unspecified atom stereocenters. The van der Waals surface area contributed by atoms with E-state index in [2.05, 4.69) is 6.92 Å². The van der Waals surface area contributed by atoms with E-state index >= 15 is 0 Å². The third kappa shape index (κ3) is 8.46. The summed E-state index contributed by atoms with van der Waals surface area (Å²) < 4.78 is 11.0. The number of unbranched alkanes of at least 4 members (excludes halogenated alkanes) is 8. The summed E-state index contributed by atoms with van der Waals surface area (Å²) in [6.45, 7) is 4.56. The fourth-order valence-electron chi connectivity index (χ4n) is 5.90. The Bertz CT molecular complexity index is 569. The minimum Gasteiger partial charge on any atom is -0.463 e. The van der Waals surface area contributed by atoms with Crippen molar-refractivity contribution in [1.29, 1.82) is 0 Å². The molecule has 0 aromatic rings. The largest absolute Gasteiger partial charge is 0.463 e. The van der Waals surface area contributed by atoms with Gasteiger partial charge in [-0.2, -0.15) is 0 Å². The Hall–Kier alpha value is -0.690. The summed E-state index contributed by atoms with van der Waals surface area (Å²) in [6, 6.07) is 0. The molecule has 0 amide bonds. The second kappa shape index (κ2) is 15.4. The van der Waals surface area contributed by atoms with E-state index in [9.17, 15) is 20.1 Å². The molecule has 2 aliphatic rings. The average molecular weight is 485 g/mol. The molecular weight excluding hydrogens is 432 g/mol. The van der Waals surface area contributed by atoms with Crippen LogP contribution in [0.15, 0.2) is 0 Å². The normalized spacial score (nSPS) is 30.6. The SMILES string of the molecule is CCCCCCCC[C@H]1CC[C@H](O)[C@@H]1CCCCCC1(OCCO)CC1(O)C(=O)OCCCC. The fourth-order valence-corrected chi connectivity index (χ4v) is 5.90. The van der Waals surface area contributed by atoms with Crippen molar-refractivity contribution in [3.63, 3.8) is 0 Å². The molecule has 0 radical (unpaired) electrons. The van der Waals surface area contributed by atoms with Gasteiger partial charge >= 0.3 is 5.97 Å². The third-order valence-corrected chi connectivity index (χ3v) is 8.19. The van der Waals surface area contributed by atoms with E-state index in [0.717, 1.165) is 51.4 Å². The first-order valence-electron chi connectivity index (χ1n) is 14.3. The van der Waals surface area contributed by atoms with Crippen LogP contribution in [0.5, 0.6) is 0 Å². The van der Waals surface area contributed by atoms with Crippen LogP contribution in [0.1, 0.15) is 123 Å². The second-order valence-electron chi connectivity index (χ2n) is 10.8. The summed E-state index contributed by atoms with van der Waals surface area (Å²) in [5, 5.41) is 30.6. The first kappa shape index (κ1) is 29.5. The quantitative estimate of drug-likeness (QED) is 0.160. The van der Waals surface area contributed by atoms with Crippen molar-refractivity contribution < 1.29 is 29.6 Å². The van der Waals surface area contributed by atoms with E-state index in [1.807, 2.05) is 6.92 Å². The molecule has 0 saturated heterocycles. The van der Waals surface area contributed by atoms with Crippen LogP contribution in [0.4, 0.5) is 0 Å². The molecule has 0 aromatic carbocycles. The molecule has 6 heteroatoms. The number of rotatable bonds is 20. The van der Waals surface area contributed by atoms with E-state index in [0.29, 0.717) is 24.9 Å². The molecule has 0 aliphatic heterocycles. The van der Waals surface area contributed by atoms with Gasteiger partial charge < -0.3 is 24.8 Å². The predicted octanol–water partition coefficient (Wildman–Crippen LogP) is 5.30. The van der Waals surface area contributed by atoms with Gasteiger partial charge in [-0.1, -0.05) is 84.5 Å². The van der Waals surface area contributed by atoms with Gasteiger partial charge in [0, 0.05) is 6.42 Å². The molecule has 34 heavy (non-hydrogen) atoms. The Kier molecular flexibility index (Phi) is 13.4. The number of ether oxygens (including phenoxy) is 2. The summed E-state index contributed by atoms with van der Waals surface area (Å²) >= 11 is 0. The molecule has 200 valence electrons. The number of esters is 1. The van der Waals surface area contributed by atoms with Crippen LogP contribution >= 0.6 is 0 Å². The minimum atomic E-state index is -1.58. The molecule has 6 nitrogen and oxygen atoms in total. The molecule has 0 heterocycles. The molecule has 2 aliphatic carbocycles. The van der Waals surface area contributed by atoms with E-state index in [-0.39, 0.29) is 25.7 Å². The standard InChI is InChI=1S/C28H52O6/c1-3-5-7-8-9-11-14-23-16-17-25(30)24(23)15-12-10-13-18-27(34-21-19-29)22-28(27,32)26(31)33-20-6-4-2/h23-25,29-30,32H,3-22H2,1-2H3/t23-,24+,25-,27?,28?/m0/s1. The van der Waals surface area contributed by atoms with Crippen LogP contribution < -0.4 is 0 Å². The van der Waals surface area contributed by atoms with Crippen LogP contribution in [-0.2, 0) is 14.3 Å². The van der Waals surface area contributed by atoms with Crippen molar-refractivity contribution in [3.05, 3.63) is 0 Å². The summed E-state index contributed by atoms with van der Waals surface area (Å²) in [6.07, 6.45) is 17.6. The number of carbonyl (C=O) groups is 1. The van der Waals surface area contributed by atoms with Gasteiger partial charge in [0.15, 0.2) is 5.60 Å². The lowest BCUT2D eigenvalue weighted by Crippen LogP contribution is -2.38. The Labute approximate surface area is 207 Å². The highest BCUT2D eigenvalue weighted by molar-refractivity contribution is 5.85. The Morgan fingerprint density at radius 3 is 2.29 bits per heavy atom. The van der Waals surface area contributed by atoms with Crippen LogP contribution in [-0.4, -0.2) is 58.4 Å². The molecule has 3 N–H and O–H groups in total. The molecular formula is C28H52O6. The lowest BCUT2D eigenvalue weighted by molar-refractivity contribution is -0.164. The van der Waals surface area contributed by atoms with Gasteiger partial charge in [0.2, 0.25) is 0 Å². The number of aliphatic hydroxyl groups excluding tert-OH is 2. The van der Waals surface area contributed by atoms with Crippen molar-refractivity contribution in [3.8, 4) is 0 Å². The lowest BCUT2D eigenvalue weighted by atomic mass is 9.85. The maximum atomic E-state index is 12.4. The zero-order valence-electron chi connectivity index (χ0n) is 21.9. The number of carbonyl (C=O) groups excluding carboxylic acids is 1. The third-order valence-electron chi connectivity index (χ3n) is 8.19. The maximum Gasteiger partial charge on any atom is 0.341 e. The Morgan fingerprint density at radius 2 is 1.56 bits per heavy atom. The highest BCUT2D eigenvalue weighted by Gasteiger charge is 2.73. The zero-order valence-corrected chi connectivity index (χ0v) is 21.9. The van der Waals surface area contributed by atoms with Gasteiger partial charge in [-0.3, -0.25) is 0 Å². The average Bonchev–Trinajstić information content (AvgIpc) is 3.28. The molecule has 2 fully saturated rings. The van der Waals surface area contributed by atoms with E-state index in [4.69, 9.17) is 9.47 Å². The van der Waals surface area contributed by atoms with Crippen LogP contribution in [0, 0.1) is 11.8 Å². The Morgan fingerprint density at radius 1 is 0.882 bits per heavy atom. The van der Waals surface area contributed by atoms with Crippen molar-refractivity contribution in [2.45, 2.75) is 140 Å². The molecule has 0 bridgehead atoms. The smallest absolute Gasteiger partial charge is 0.341 e. The summed E-state index contributed by atoms with van der Waals surface area (Å²) in [7, 11) is 0.